The van der Waals surface area contributed by atoms with Gasteiger partial charge in [-0.3, -0.25) is 19.3 Å². The summed E-state index contributed by atoms with van der Waals surface area (Å²) in [6.45, 7) is 4.42. The van der Waals surface area contributed by atoms with Crippen LogP contribution in [0.25, 0.3) is 0 Å². The fourth-order valence-electron chi connectivity index (χ4n) is 2.44. The van der Waals surface area contributed by atoms with Crippen LogP contribution in [0.1, 0.15) is 25.5 Å². The lowest BCUT2D eigenvalue weighted by molar-refractivity contribution is -0.710. The number of amides is 3. The molecule has 0 spiro atoms. The minimum absolute atomic E-state index is 0.0977. The van der Waals surface area contributed by atoms with Gasteiger partial charge in [-0.05, 0) is 13.8 Å². The van der Waals surface area contributed by atoms with Crippen LogP contribution in [0.15, 0.2) is 30.3 Å². The molecule has 0 saturated carbocycles. The largest absolute Gasteiger partial charge is 0.349 e. The molecule has 3 N–H and O–H groups in total. The molecule has 1 saturated heterocycles. The molecule has 0 aromatic heterocycles. The minimum atomic E-state index is -0.246. The van der Waals surface area contributed by atoms with Gasteiger partial charge in [0.15, 0.2) is 6.04 Å². The number of imide groups is 1. The summed E-state index contributed by atoms with van der Waals surface area (Å²) in [5.41, 5.74) is 1.16. The molecule has 1 aromatic rings. The SMILES string of the molecule is C[C@H]([NH2+][C@H](C)C(=O)NCCN1C(=O)CSC1=O)c1ccccc1. The Morgan fingerprint density at radius 1 is 1.30 bits per heavy atom. The van der Waals surface area contributed by atoms with Crippen molar-refractivity contribution < 1.29 is 19.7 Å². The van der Waals surface area contributed by atoms with E-state index >= 15 is 0 Å². The van der Waals surface area contributed by atoms with Gasteiger partial charge in [-0.25, -0.2) is 0 Å². The van der Waals surface area contributed by atoms with Gasteiger partial charge >= 0.3 is 0 Å². The first kappa shape index (κ1) is 17.5. The Kier molecular flexibility index (Phi) is 6.18. The summed E-state index contributed by atoms with van der Waals surface area (Å²) in [5, 5.41) is 4.54. The van der Waals surface area contributed by atoms with E-state index < -0.39 is 0 Å². The highest BCUT2D eigenvalue weighted by Crippen LogP contribution is 2.17. The molecule has 1 aliphatic heterocycles. The van der Waals surface area contributed by atoms with Crippen molar-refractivity contribution in [1.29, 1.82) is 0 Å². The Bertz CT molecular complexity index is 563. The van der Waals surface area contributed by atoms with Gasteiger partial charge in [-0.2, -0.15) is 0 Å². The average molecular weight is 336 g/mol. The molecule has 124 valence electrons. The Morgan fingerprint density at radius 3 is 2.61 bits per heavy atom. The zero-order valence-corrected chi connectivity index (χ0v) is 14.1. The maximum atomic E-state index is 12.1. The van der Waals surface area contributed by atoms with Crippen LogP contribution in [0.2, 0.25) is 0 Å². The van der Waals surface area contributed by atoms with Crippen LogP contribution >= 0.6 is 11.8 Å². The Hall–Kier alpha value is -1.86. The minimum Gasteiger partial charge on any atom is -0.349 e. The molecular formula is C16H22N3O3S+. The molecule has 0 aliphatic carbocycles. The van der Waals surface area contributed by atoms with Crippen molar-refractivity contribution in [3.05, 3.63) is 35.9 Å². The number of hydrogen-bond acceptors (Lipinski definition) is 4. The van der Waals surface area contributed by atoms with E-state index in [0.717, 1.165) is 17.3 Å². The molecule has 0 radical (unpaired) electrons. The first-order chi connectivity index (χ1) is 11.0. The summed E-state index contributed by atoms with van der Waals surface area (Å²) in [7, 11) is 0. The van der Waals surface area contributed by atoms with Crippen molar-refractivity contribution >= 4 is 28.8 Å². The zero-order chi connectivity index (χ0) is 16.8. The number of nitrogens with two attached hydrogens (primary N) is 1. The van der Waals surface area contributed by atoms with E-state index in [0.29, 0.717) is 0 Å². The summed E-state index contributed by atoms with van der Waals surface area (Å²) < 4.78 is 0. The molecule has 1 aromatic carbocycles. The van der Waals surface area contributed by atoms with E-state index in [1.54, 1.807) is 0 Å². The third kappa shape index (κ3) is 4.80. The van der Waals surface area contributed by atoms with Crippen LogP contribution in [-0.2, 0) is 9.59 Å². The Labute approximate surface area is 140 Å². The second-order valence-corrected chi connectivity index (χ2v) is 6.50. The molecule has 7 heteroatoms. The topological polar surface area (TPSA) is 83.1 Å². The van der Waals surface area contributed by atoms with Gasteiger partial charge in [0.1, 0.15) is 6.04 Å². The summed E-state index contributed by atoms with van der Waals surface area (Å²) in [6.07, 6.45) is 0. The molecule has 23 heavy (non-hydrogen) atoms. The van der Waals surface area contributed by atoms with Gasteiger partial charge in [0, 0.05) is 18.7 Å². The second-order valence-electron chi connectivity index (χ2n) is 5.57. The maximum Gasteiger partial charge on any atom is 0.288 e. The maximum absolute atomic E-state index is 12.1. The van der Waals surface area contributed by atoms with Crippen molar-refractivity contribution in [3.8, 4) is 0 Å². The molecule has 1 fully saturated rings. The first-order valence-corrected chi connectivity index (χ1v) is 8.62. The normalized spacial score (nSPS) is 17.2. The van der Waals surface area contributed by atoms with Gasteiger partial charge in [-0.15, -0.1) is 0 Å². The van der Waals surface area contributed by atoms with Crippen LogP contribution in [0.4, 0.5) is 4.79 Å². The number of rotatable bonds is 7. The van der Waals surface area contributed by atoms with E-state index in [1.165, 1.54) is 4.90 Å². The number of carbonyl (C=O) groups is 3. The fourth-order valence-corrected chi connectivity index (χ4v) is 3.19. The predicted molar refractivity (Wildman–Crippen MR) is 88.8 cm³/mol. The highest BCUT2D eigenvalue weighted by molar-refractivity contribution is 8.14. The summed E-state index contributed by atoms with van der Waals surface area (Å²) in [6, 6.07) is 9.92. The van der Waals surface area contributed by atoms with Gasteiger partial charge < -0.3 is 10.6 Å². The molecule has 1 aliphatic rings. The molecule has 2 atom stereocenters. The van der Waals surface area contributed by atoms with Crippen molar-refractivity contribution in [2.45, 2.75) is 25.9 Å². The van der Waals surface area contributed by atoms with Gasteiger partial charge in [-0.1, -0.05) is 42.1 Å². The standard InChI is InChI=1S/C16H21N3O3S/c1-11(13-6-4-3-5-7-13)18-12(2)15(21)17-8-9-19-14(20)10-23-16(19)22/h3-7,11-12,18H,8-10H2,1-2H3,(H,17,21)/p+1/t11-,12+/m0/s1. The third-order valence-electron chi connectivity index (χ3n) is 3.79. The number of hydrogen-bond donors (Lipinski definition) is 2. The van der Waals surface area contributed by atoms with Crippen LogP contribution in [-0.4, -0.2) is 46.8 Å². The summed E-state index contributed by atoms with van der Waals surface area (Å²) in [4.78, 5) is 36.2. The van der Waals surface area contributed by atoms with Gasteiger partial charge in [0.05, 0.1) is 5.75 Å². The van der Waals surface area contributed by atoms with Gasteiger partial charge in [0.25, 0.3) is 11.1 Å². The fraction of sp³-hybridized carbons (Fsp3) is 0.438. The van der Waals surface area contributed by atoms with Crippen LogP contribution < -0.4 is 10.6 Å². The molecule has 2 rings (SSSR count). The first-order valence-electron chi connectivity index (χ1n) is 7.64. The lowest BCUT2D eigenvalue weighted by atomic mass is 10.1. The Balaban J connectivity index is 1.74. The molecule has 3 amide bonds. The second kappa shape index (κ2) is 8.12. The Morgan fingerprint density at radius 2 is 2.00 bits per heavy atom. The zero-order valence-electron chi connectivity index (χ0n) is 13.3. The average Bonchev–Trinajstić information content (AvgIpc) is 2.87. The van der Waals surface area contributed by atoms with E-state index in [-0.39, 0.29) is 48.0 Å². The van der Waals surface area contributed by atoms with Crippen molar-refractivity contribution in [1.82, 2.24) is 10.2 Å². The van der Waals surface area contributed by atoms with Crippen molar-refractivity contribution in [2.75, 3.05) is 18.8 Å². The van der Waals surface area contributed by atoms with E-state index in [1.807, 2.05) is 42.6 Å². The molecule has 6 nitrogen and oxygen atoms in total. The lowest BCUT2D eigenvalue weighted by Gasteiger charge is -2.18. The highest BCUT2D eigenvalue weighted by Gasteiger charge is 2.29. The smallest absolute Gasteiger partial charge is 0.288 e. The summed E-state index contributed by atoms with van der Waals surface area (Å²) >= 11 is 1.00. The highest BCUT2D eigenvalue weighted by atomic mass is 32.2. The molecule has 1 heterocycles. The number of benzene rings is 1. The third-order valence-corrected chi connectivity index (χ3v) is 4.65. The molecule has 0 bridgehead atoms. The number of quaternary nitrogens is 1. The number of nitrogens with zero attached hydrogens (tertiary/aromatic N) is 1. The van der Waals surface area contributed by atoms with Crippen LogP contribution in [0.5, 0.6) is 0 Å². The summed E-state index contributed by atoms with van der Waals surface area (Å²) in [5.74, 6) is -0.0861. The molecule has 0 unspecified atom stereocenters. The number of nitrogens with one attached hydrogen (secondary N) is 1. The quantitative estimate of drug-likeness (QED) is 0.760. The van der Waals surface area contributed by atoms with E-state index in [9.17, 15) is 14.4 Å². The van der Waals surface area contributed by atoms with E-state index in [4.69, 9.17) is 0 Å². The van der Waals surface area contributed by atoms with Gasteiger partial charge in [0.2, 0.25) is 5.91 Å². The van der Waals surface area contributed by atoms with Crippen LogP contribution in [0.3, 0.4) is 0 Å². The number of thioether (sulfide) groups is 1. The monoisotopic (exact) mass is 336 g/mol. The van der Waals surface area contributed by atoms with Crippen molar-refractivity contribution in [2.24, 2.45) is 0 Å². The van der Waals surface area contributed by atoms with Crippen LogP contribution in [0, 0.1) is 0 Å². The number of carbonyl (C=O) groups excluding carboxylic acids is 3. The molecular weight excluding hydrogens is 314 g/mol. The van der Waals surface area contributed by atoms with E-state index in [2.05, 4.69) is 12.2 Å². The van der Waals surface area contributed by atoms with Crippen molar-refractivity contribution in [3.63, 3.8) is 0 Å². The predicted octanol–water partition coefficient (Wildman–Crippen LogP) is 0.511. The lowest BCUT2D eigenvalue weighted by Crippen LogP contribution is -2.92.